The summed E-state index contributed by atoms with van der Waals surface area (Å²) < 4.78 is 10.7. The smallest absolute Gasteiger partial charge is 0.119 e. The molecule has 2 rings (SSSR count). The first-order valence-electron chi connectivity index (χ1n) is 6.04. The largest absolute Gasteiger partial charge is 0.497 e. The Morgan fingerprint density at radius 2 is 1.58 bits per heavy atom. The maximum absolute atomic E-state index is 5.82. The minimum absolute atomic E-state index is 0.592. The van der Waals surface area contributed by atoms with Crippen LogP contribution in [-0.2, 0) is 0 Å². The Hall–Kier alpha value is -1.87. The fourth-order valence-electron chi connectivity index (χ4n) is 1.60. The molecule has 100 valence electrons. The molecule has 2 aromatic rings. The maximum Gasteiger partial charge on any atom is 0.119 e. The summed E-state index contributed by atoms with van der Waals surface area (Å²) in [5.41, 5.74) is 1.03. The fraction of sp³-hybridized carbons (Fsp3) is 0.200. The van der Waals surface area contributed by atoms with Gasteiger partial charge in [0.2, 0.25) is 0 Å². The van der Waals surface area contributed by atoms with Crippen molar-refractivity contribution in [2.24, 2.45) is 0 Å². The second-order valence-corrected chi connectivity index (χ2v) is 4.39. The third-order valence-corrected chi connectivity index (χ3v) is 2.86. The van der Waals surface area contributed by atoms with Crippen molar-refractivity contribution < 1.29 is 9.47 Å². The van der Waals surface area contributed by atoms with E-state index in [2.05, 4.69) is 5.32 Å². The van der Waals surface area contributed by atoms with E-state index in [1.165, 1.54) is 0 Å². The molecule has 0 unspecified atom stereocenters. The van der Waals surface area contributed by atoms with Crippen LogP contribution >= 0.6 is 11.6 Å². The first-order chi connectivity index (χ1) is 9.28. The van der Waals surface area contributed by atoms with Crippen LogP contribution in [0.3, 0.4) is 0 Å². The Bertz CT molecular complexity index is 497. The summed E-state index contributed by atoms with van der Waals surface area (Å²) >= 11 is 5.82. The third kappa shape index (κ3) is 4.38. The van der Waals surface area contributed by atoms with Gasteiger partial charge < -0.3 is 14.8 Å². The maximum atomic E-state index is 5.82. The van der Waals surface area contributed by atoms with Gasteiger partial charge in [0.25, 0.3) is 0 Å². The molecule has 0 amide bonds. The molecule has 0 atom stereocenters. The lowest BCUT2D eigenvalue weighted by molar-refractivity contribution is 0.332. The zero-order valence-electron chi connectivity index (χ0n) is 10.7. The minimum Gasteiger partial charge on any atom is -0.497 e. The van der Waals surface area contributed by atoms with Crippen LogP contribution in [0.5, 0.6) is 11.5 Å². The molecule has 0 aliphatic heterocycles. The first-order valence-corrected chi connectivity index (χ1v) is 6.42. The molecule has 0 aromatic heterocycles. The molecule has 0 aliphatic rings. The standard InChI is InChI=1S/C15H16ClNO2/c1-18-14-6-8-15(9-7-14)19-11-10-17-13-4-2-12(16)3-5-13/h2-9,17H,10-11H2,1H3. The molecule has 0 saturated heterocycles. The normalized spacial score (nSPS) is 10.0. The summed E-state index contributed by atoms with van der Waals surface area (Å²) in [6.45, 7) is 1.32. The highest BCUT2D eigenvalue weighted by Crippen LogP contribution is 2.17. The zero-order chi connectivity index (χ0) is 13.5. The van der Waals surface area contributed by atoms with Crippen LogP contribution < -0.4 is 14.8 Å². The van der Waals surface area contributed by atoms with Crippen molar-refractivity contribution in [1.29, 1.82) is 0 Å². The van der Waals surface area contributed by atoms with Gasteiger partial charge in [-0.3, -0.25) is 0 Å². The predicted octanol–water partition coefficient (Wildman–Crippen LogP) is 3.84. The number of benzene rings is 2. The second kappa shape index (κ2) is 6.90. The molecule has 0 heterocycles. The number of anilines is 1. The van der Waals surface area contributed by atoms with E-state index in [0.717, 1.165) is 28.8 Å². The van der Waals surface area contributed by atoms with Crippen LogP contribution in [0.25, 0.3) is 0 Å². The summed E-state index contributed by atoms with van der Waals surface area (Å²) in [5, 5.41) is 3.99. The monoisotopic (exact) mass is 277 g/mol. The van der Waals surface area contributed by atoms with E-state index in [9.17, 15) is 0 Å². The highest BCUT2D eigenvalue weighted by molar-refractivity contribution is 6.30. The lowest BCUT2D eigenvalue weighted by Crippen LogP contribution is -2.11. The summed E-state index contributed by atoms with van der Waals surface area (Å²) in [4.78, 5) is 0. The summed E-state index contributed by atoms with van der Waals surface area (Å²) in [5.74, 6) is 1.66. The molecule has 1 N–H and O–H groups in total. The van der Waals surface area contributed by atoms with E-state index in [1.807, 2.05) is 48.5 Å². The van der Waals surface area contributed by atoms with Crippen molar-refractivity contribution in [3.63, 3.8) is 0 Å². The van der Waals surface area contributed by atoms with Gasteiger partial charge in [-0.2, -0.15) is 0 Å². The van der Waals surface area contributed by atoms with Crippen LogP contribution in [0.4, 0.5) is 5.69 Å². The molecular weight excluding hydrogens is 262 g/mol. The van der Waals surface area contributed by atoms with Crippen LogP contribution in [0.15, 0.2) is 48.5 Å². The van der Waals surface area contributed by atoms with E-state index >= 15 is 0 Å². The molecular formula is C15H16ClNO2. The molecule has 3 nitrogen and oxygen atoms in total. The van der Waals surface area contributed by atoms with Crippen LogP contribution in [0.1, 0.15) is 0 Å². The van der Waals surface area contributed by atoms with Crippen molar-refractivity contribution in [3.8, 4) is 11.5 Å². The Morgan fingerprint density at radius 3 is 2.21 bits per heavy atom. The molecule has 0 radical (unpaired) electrons. The average Bonchev–Trinajstić information content (AvgIpc) is 2.46. The van der Waals surface area contributed by atoms with Gasteiger partial charge in [0.05, 0.1) is 7.11 Å². The second-order valence-electron chi connectivity index (χ2n) is 3.96. The van der Waals surface area contributed by atoms with E-state index in [-0.39, 0.29) is 0 Å². The highest BCUT2D eigenvalue weighted by atomic mass is 35.5. The number of ether oxygens (including phenoxy) is 2. The predicted molar refractivity (Wildman–Crippen MR) is 78.4 cm³/mol. The minimum atomic E-state index is 0.592. The summed E-state index contributed by atoms with van der Waals surface area (Å²) in [6, 6.07) is 15.1. The van der Waals surface area contributed by atoms with E-state index < -0.39 is 0 Å². The van der Waals surface area contributed by atoms with Crippen molar-refractivity contribution >= 4 is 17.3 Å². The topological polar surface area (TPSA) is 30.5 Å². The van der Waals surface area contributed by atoms with E-state index in [1.54, 1.807) is 7.11 Å². The Labute approximate surface area is 118 Å². The molecule has 0 aliphatic carbocycles. The Balaban J connectivity index is 1.72. The summed E-state index contributed by atoms with van der Waals surface area (Å²) in [6.07, 6.45) is 0. The highest BCUT2D eigenvalue weighted by Gasteiger charge is 1.96. The molecule has 19 heavy (non-hydrogen) atoms. The van der Waals surface area contributed by atoms with Crippen LogP contribution in [0.2, 0.25) is 5.02 Å². The molecule has 0 bridgehead atoms. The van der Waals surface area contributed by atoms with E-state index in [4.69, 9.17) is 21.1 Å². The average molecular weight is 278 g/mol. The van der Waals surface area contributed by atoms with Crippen molar-refractivity contribution in [3.05, 3.63) is 53.6 Å². The number of hydrogen-bond acceptors (Lipinski definition) is 3. The quantitative estimate of drug-likeness (QED) is 0.814. The van der Waals surface area contributed by atoms with Gasteiger partial charge >= 0.3 is 0 Å². The molecule has 0 saturated carbocycles. The van der Waals surface area contributed by atoms with Gasteiger partial charge in [-0.15, -0.1) is 0 Å². The van der Waals surface area contributed by atoms with Gasteiger partial charge in [-0.25, -0.2) is 0 Å². The molecule has 0 spiro atoms. The van der Waals surface area contributed by atoms with Crippen LogP contribution in [-0.4, -0.2) is 20.3 Å². The van der Waals surface area contributed by atoms with Crippen LogP contribution in [0, 0.1) is 0 Å². The molecule has 4 heteroatoms. The first kappa shape index (κ1) is 13.6. The number of nitrogens with one attached hydrogen (secondary N) is 1. The number of rotatable bonds is 6. The zero-order valence-corrected chi connectivity index (χ0v) is 11.5. The number of halogens is 1. The number of methoxy groups -OCH3 is 1. The van der Waals surface area contributed by atoms with Crippen molar-refractivity contribution in [2.45, 2.75) is 0 Å². The Morgan fingerprint density at radius 1 is 0.947 bits per heavy atom. The lowest BCUT2D eigenvalue weighted by Gasteiger charge is -2.09. The van der Waals surface area contributed by atoms with Crippen molar-refractivity contribution in [1.82, 2.24) is 0 Å². The van der Waals surface area contributed by atoms with Gasteiger partial charge in [-0.1, -0.05) is 11.6 Å². The van der Waals surface area contributed by atoms with E-state index in [0.29, 0.717) is 6.61 Å². The van der Waals surface area contributed by atoms with Crippen molar-refractivity contribution in [2.75, 3.05) is 25.6 Å². The lowest BCUT2D eigenvalue weighted by atomic mass is 10.3. The van der Waals surface area contributed by atoms with Gasteiger partial charge in [0, 0.05) is 17.3 Å². The molecule has 2 aromatic carbocycles. The van der Waals surface area contributed by atoms with Gasteiger partial charge in [0.15, 0.2) is 0 Å². The fourth-order valence-corrected chi connectivity index (χ4v) is 1.73. The Kier molecular flexibility index (Phi) is 4.93. The van der Waals surface area contributed by atoms with Gasteiger partial charge in [-0.05, 0) is 48.5 Å². The molecule has 0 fully saturated rings. The SMILES string of the molecule is COc1ccc(OCCNc2ccc(Cl)cc2)cc1. The summed E-state index contributed by atoms with van der Waals surface area (Å²) in [7, 11) is 1.64. The third-order valence-electron chi connectivity index (χ3n) is 2.60. The number of hydrogen-bond donors (Lipinski definition) is 1. The van der Waals surface area contributed by atoms with Gasteiger partial charge in [0.1, 0.15) is 18.1 Å².